The zero-order chi connectivity index (χ0) is 18.7. The van der Waals surface area contributed by atoms with Gasteiger partial charge in [0.05, 0.1) is 5.56 Å². The maximum Gasteiger partial charge on any atom is 0.259 e. The van der Waals surface area contributed by atoms with Crippen LogP contribution < -0.4 is 15.8 Å². The topological polar surface area (TPSA) is 77.2 Å². The van der Waals surface area contributed by atoms with E-state index < -0.39 is 0 Å². The fraction of sp³-hybridized carbons (Fsp3) is 0.143. The Balaban J connectivity index is 1.70. The SMILES string of the molecule is Cc1ccc(Oc2ccc(NC(=O)c3cc(C)c(C)nc3N)cc2)cc1. The van der Waals surface area contributed by atoms with Gasteiger partial charge in [-0.1, -0.05) is 17.7 Å². The molecule has 0 radical (unpaired) electrons. The summed E-state index contributed by atoms with van der Waals surface area (Å²) in [6.45, 7) is 5.79. The average molecular weight is 347 g/mol. The summed E-state index contributed by atoms with van der Waals surface area (Å²) in [5.41, 5.74) is 9.81. The Morgan fingerprint density at radius 1 is 0.962 bits per heavy atom. The zero-order valence-electron chi connectivity index (χ0n) is 15.0. The van der Waals surface area contributed by atoms with Gasteiger partial charge in [0.1, 0.15) is 17.3 Å². The molecule has 0 bridgehead atoms. The molecule has 3 aromatic rings. The van der Waals surface area contributed by atoms with Crippen molar-refractivity contribution in [3.63, 3.8) is 0 Å². The number of nitrogens with two attached hydrogens (primary N) is 1. The molecule has 0 aliphatic rings. The number of rotatable bonds is 4. The first-order chi connectivity index (χ1) is 12.4. The summed E-state index contributed by atoms with van der Waals surface area (Å²) in [4.78, 5) is 16.6. The van der Waals surface area contributed by atoms with Crippen molar-refractivity contribution in [2.24, 2.45) is 0 Å². The summed E-state index contributed by atoms with van der Waals surface area (Å²) < 4.78 is 5.78. The third kappa shape index (κ3) is 4.00. The number of pyridine rings is 1. The van der Waals surface area contributed by atoms with E-state index in [1.165, 1.54) is 5.56 Å². The molecule has 0 aliphatic heterocycles. The normalized spacial score (nSPS) is 10.4. The largest absolute Gasteiger partial charge is 0.457 e. The fourth-order valence-electron chi connectivity index (χ4n) is 2.45. The van der Waals surface area contributed by atoms with E-state index in [1.54, 1.807) is 30.3 Å². The zero-order valence-corrected chi connectivity index (χ0v) is 15.0. The highest BCUT2D eigenvalue weighted by atomic mass is 16.5. The van der Waals surface area contributed by atoms with Crippen molar-refractivity contribution < 1.29 is 9.53 Å². The highest BCUT2D eigenvalue weighted by molar-refractivity contribution is 6.07. The number of hydrogen-bond acceptors (Lipinski definition) is 4. The van der Waals surface area contributed by atoms with Crippen LogP contribution in [0.4, 0.5) is 11.5 Å². The Labute approximate surface area is 152 Å². The van der Waals surface area contributed by atoms with Crippen molar-refractivity contribution in [1.82, 2.24) is 4.98 Å². The molecule has 0 saturated heterocycles. The molecule has 5 heteroatoms. The van der Waals surface area contributed by atoms with Crippen LogP contribution in [0.2, 0.25) is 0 Å². The summed E-state index contributed by atoms with van der Waals surface area (Å²) in [5, 5.41) is 2.83. The van der Waals surface area contributed by atoms with Crippen LogP contribution in [0.3, 0.4) is 0 Å². The van der Waals surface area contributed by atoms with Crippen molar-refractivity contribution in [3.05, 3.63) is 77.0 Å². The number of nitrogens with one attached hydrogen (secondary N) is 1. The molecule has 3 N–H and O–H groups in total. The monoisotopic (exact) mass is 347 g/mol. The summed E-state index contributed by atoms with van der Waals surface area (Å²) in [6.07, 6.45) is 0. The van der Waals surface area contributed by atoms with Crippen LogP contribution in [-0.4, -0.2) is 10.9 Å². The average Bonchev–Trinajstić information content (AvgIpc) is 2.61. The molecule has 0 unspecified atom stereocenters. The van der Waals surface area contributed by atoms with Gasteiger partial charge < -0.3 is 15.8 Å². The molecule has 0 fully saturated rings. The smallest absolute Gasteiger partial charge is 0.259 e. The van der Waals surface area contributed by atoms with Crippen LogP contribution in [0.5, 0.6) is 11.5 Å². The number of ether oxygens (including phenoxy) is 1. The van der Waals surface area contributed by atoms with Gasteiger partial charge in [-0.2, -0.15) is 0 Å². The molecule has 26 heavy (non-hydrogen) atoms. The molecule has 5 nitrogen and oxygen atoms in total. The van der Waals surface area contributed by atoms with E-state index in [1.807, 2.05) is 45.0 Å². The van der Waals surface area contributed by atoms with Crippen LogP contribution in [-0.2, 0) is 0 Å². The van der Waals surface area contributed by atoms with Crippen LogP contribution >= 0.6 is 0 Å². The predicted octanol–water partition coefficient (Wildman–Crippen LogP) is 4.63. The van der Waals surface area contributed by atoms with Crippen molar-refractivity contribution in [1.29, 1.82) is 0 Å². The lowest BCUT2D eigenvalue weighted by Gasteiger charge is -2.10. The van der Waals surface area contributed by atoms with Gasteiger partial charge in [-0.25, -0.2) is 4.98 Å². The summed E-state index contributed by atoms with van der Waals surface area (Å²) in [5.74, 6) is 1.40. The molecule has 0 saturated carbocycles. The predicted molar refractivity (Wildman–Crippen MR) is 104 cm³/mol. The van der Waals surface area contributed by atoms with Gasteiger partial charge in [0.2, 0.25) is 0 Å². The van der Waals surface area contributed by atoms with E-state index in [-0.39, 0.29) is 11.7 Å². The van der Waals surface area contributed by atoms with E-state index in [0.717, 1.165) is 17.0 Å². The van der Waals surface area contributed by atoms with Crippen LogP contribution in [0, 0.1) is 20.8 Å². The number of nitrogen functional groups attached to an aromatic ring is 1. The molecule has 132 valence electrons. The third-order valence-corrected chi connectivity index (χ3v) is 4.11. The fourth-order valence-corrected chi connectivity index (χ4v) is 2.45. The Bertz CT molecular complexity index is 933. The highest BCUT2D eigenvalue weighted by Crippen LogP contribution is 2.24. The number of benzene rings is 2. The molecule has 1 heterocycles. The number of hydrogen-bond donors (Lipinski definition) is 2. The number of aryl methyl sites for hydroxylation is 3. The molecule has 1 aromatic heterocycles. The maximum absolute atomic E-state index is 12.4. The van der Waals surface area contributed by atoms with Gasteiger partial charge >= 0.3 is 0 Å². The lowest BCUT2D eigenvalue weighted by molar-refractivity contribution is 0.102. The first-order valence-corrected chi connectivity index (χ1v) is 8.32. The van der Waals surface area contributed by atoms with Crippen molar-refractivity contribution in [3.8, 4) is 11.5 Å². The van der Waals surface area contributed by atoms with Crippen molar-refractivity contribution in [2.45, 2.75) is 20.8 Å². The van der Waals surface area contributed by atoms with Gasteiger partial charge in [0.25, 0.3) is 5.91 Å². The molecule has 0 spiro atoms. The van der Waals surface area contributed by atoms with Gasteiger partial charge in [-0.05, 0) is 68.8 Å². The quantitative estimate of drug-likeness (QED) is 0.721. The summed E-state index contributed by atoms with van der Waals surface area (Å²) >= 11 is 0. The standard InChI is InChI=1S/C21H21N3O2/c1-13-4-8-17(9-5-13)26-18-10-6-16(7-11-18)24-21(25)19-12-14(2)15(3)23-20(19)22/h4-12H,1-3H3,(H2,22,23)(H,24,25). The van der Waals surface area contributed by atoms with Crippen molar-refractivity contribution >= 4 is 17.4 Å². The van der Waals surface area contributed by atoms with E-state index in [4.69, 9.17) is 10.5 Å². The molecule has 0 aliphatic carbocycles. The first-order valence-electron chi connectivity index (χ1n) is 8.32. The second kappa shape index (κ2) is 7.27. The molecular formula is C21H21N3O2. The van der Waals surface area contributed by atoms with Gasteiger partial charge in [-0.3, -0.25) is 4.79 Å². The van der Waals surface area contributed by atoms with Crippen molar-refractivity contribution in [2.75, 3.05) is 11.1 Å². The Hall–Kier alpha value is -3.34. The third-order valence-electron chi connectivity index (χ3n) is 4.11. The number of carbonyl (C=O) groups excluding carboxylic acids is 1. The molecule has 1 amide bonds. The van der Waals surface area contributed by atoms with Gasteiger partial charge in [0, 0.05) is 11.4 Å². The van der Waals surface area contributed by atoms with Gasteiger partial charge in [0.15, 0.2) is 0 Å². The number of anilines is 2. The number of aromatic nitrogens is 1. The molecule has 2 aromatic carbocycles. The minimum Gasteiger partial charge on any atom is -0.457 e. The molecule has 0 atom stereocenters. The highest BCUT2D eigenvalue weighted by Gasteiger charge is 2.13. The van der Waals surface area contributed by atoms with E-state index in [9.17, 15) is 4.79 Å². The van der Waals surface area contributed by atoms with Crippen LogP contribution in [0.1, 0.15) is 27.2 Å². The second-order valence-electron chi connectivity index (χ2n) is 6.22. The number of nitrogens with zero attached hydrogens (tertiary/aromatic N) is 1. The minimum atomic E-state index is -0.287. The first kappa shape index (κ1) is 17.5. The number of carbonyl (C=O) groups is 1. The lowest BCUT2D eigenvalue weighted by Crippen LogP contribution is -2.15. The Kier molecular flexibility index (Phi) is 4.89. The van der Waals surface area contributed by atoms with E-state index in [0.29, 0.717) is 17.0 Å². The minimum absolute atomic E-state index is 0.227. The lowest BCUT2D eigenvalue weighted by atomic mass is 10.1. The summed E-state index contributed by atoms with van der Waals surface area (Å²) in [6, 6.07) is 16.7. The maximum atomic E-state index is 12.4. The van der Waals surface area contributed by atoms with E-state index in [2.05, 4.69) is 10.3 Å². The van der Waals surface area contributed by atoms with Crippen LogP contribution in [0.15, 0.2) is 54.6 Å². The summed E-state index contributed by atoms with van der Waals surface area (Å²) in [7, 11) is 0. The van der Waals surface area contributed by atoms with Gasteiger partial charge in [-0.15, -0.1) is 0 Å². The second-order valence-corrected chi connectivity index (χ2v) is 6.22. The van der Waals surface area contributed by atoms with Crippen LogP contribution in [0.25, 0.3) is 0 Å². The molecular weight excluding hydrogens is 326 g/mol. The Morgan fingerprint density at radius 3 is 2.15 bits per heavy atom. The van der Waals surface area contributed by atoms with E-state index >= 15 is 0 Å². The number of amides is 1. The Morgan fingerprint density at radius 2 is 1.54 bits per heavy atom. The molecule has 3 rings (SSSR count).